The smallest absolute Gasteiger partial charge is 0.0848 e. The Labute approximate surface area is 101 Å². The van der Waals surface area contributed by atoms with Crippen molar-refractivity contribution >= 4 is 25.4 Å². The molecule has 0 amide bonds. The average molecular weight is 226 g/mol. The number of allylic oxidation sites excluding steroid dienone is 1. The predicted molar refractivity (Wildman–Crippen MR) is 75.1 cm³/mol. The van der Waals surface area contributed by atoms with Crippen LogP contribution in [0.5, 0.6) is 0 Å². The van der Waals surface area contributed by atoms with Crippen molar-refractivity contribution in [2.45, 2.75) is 6.42 Å². The zero-order chi connectivity index (χ0) is 12.8. The molecule has 1 aliphatic rings. The molecule has 4 heteroatoms. The van der Waals surface area contributed by atoms with Gasteiger partial charge in [-0.1, -0.05) is 25.8 Å². The summed E-state index contributed by atoms with van der Waals surface area (Å²) in [7, 11) is 0. The van der Waals surface area contributed by atoms with Crippen LogP contribution < -0.4 is 0 Å². The highest BCUT2D eigenvalue weighted by atomic mass is 14.9. The van der Waals surface area contributed by atoms with Crippen molar-refractivity contribution in [1.29, 1.82) is 0 Å². The van der Waals surface area contributed by atoms with Crippen LogP contribution in [-0.2, 0) is 0 Å². The second-order valence-electron chi connectivity index (χ2n) is 3.31. The van der Waals surface area contributed by atoms with Crippen LogP contribution in [0.25, 0.3) is 0 Å². The van der Waals surface area contributed by atoms with E-state index in [2.05, 4.69) is 53.1 Å². The zero-order valence-corrected chi connectivity index (χ0v) is 9.69. The number of hydrogen-bond acceptors (Lipinski definition) is 4. The first kappa shape index (κ1) is 12.7. The van der Waals surface area contributed by atoms with Crippen molar-refractivity contribution in [3.8, 4) is 0 Å². The summed E-state index contributed by atoms with van der Waals surface area (Å²) in [6.07, 6.45) is 4.23. The summed E-state index contributed by atoms with van der Waals surface area (Å²) >= 11 is 0. The quantitative estimate of drug-likeness (QED) is 0.494. The van der Waals surface area contributed by atoms with Gasteiger partial charge in [-0.05, 0) is 13.4 Å². The van der Waals surface area contributed by atoms with Crippen molar-refractivity contribution in [1.82, 2.24) is 0 Å². The lowest BCUT2D eigenvalue weighted by molar-refractivity contribution is 1.28. The van der Waals surface area contributed by atoms with Gasteiger partial charge in [0, 0.05) is 12.6 Å². The first-order valence-corrected chi connectivity index (χ1v) is 4.91. The van der Waals surface area contributed by atoms with Gasteiger partial charge in [0.25, 0.3) is 0 Å². The molecule has 1 aliphatic heterocycles. The third-order valence-corrected chi connectivity index (χ3v) is 2.15. The van der Waals surface area contributed by atoms with Gasteiger partial charge < -0.3 is 0 Å². The molecule has 0 spiro atoms. The van der Waals surface area contributed by atoms with Crippen molar-refractivity contribution in [3.05, 3.63) is 48.6 Å². The van der Waals surface area contributed by atoms with Gasteiger partial charge in [-0.3, -0.25) is 15.0 Å². The van der Waals surface area contributed by atoms with Crippen LogP contribution in [0.15, 0.2) is 68.6 Å². The molecule has 4 nitrogen and oxygen atoms in total. The monoisotopic (exact) mass is 226 g/mol. The highest BCUT2D eigenvalue weighted by molar-refractivity contribution is 6.32. The molecule has 0 saturated carbocycles. The van der Waals surface area contributed by atoms with Crippen LogP contribution >= 0.6 is 0 Å². The Hall–Kier alpha value is -2.36. The molecule has 0 aromatic carbocycles. The summed E-state index contributed by atoms with van der Waals surface area (Å²) in [6, 6.07) is 0. The first-order valence-electron chi connectivity index (χ1n) is 4.91. The predicted octanol–water partition coefficient (Wildman–Crippen LogP) is 2.73. The van der Waals surface area contributed by atoms with E-state index in [1.165, 1.54) is 0 Å². The lowest BCUT2D eigenvalue weighted by Crippen LogP contribution is -1.95. The van der Waals surface area contributed by atoms with Gasteiger partial charge in [0.2, 0.25) is 0 Å². The van der Waals surface area contributed by atoms with Crippen LogP contribution in [0.3, 0.4) is 0 Å². The molecule has 17 heavy (non-hydrogen) atoms. The summed E-state index contributed by atoms with van der Waals surface area (Å²) < 4.78 is 0. The summed E-state index contributed by atoms with van der Waals surface area (Å²) in [5, 5.41) is 0. The van der Waals surface area contributed by atoms with Gasteiger partial charge in [-0.25, -0.2) is 4.99 Å². The molecule has 0 fully saturated rings. The lowest BCUT2D eigenvalue weighted by atomic mass is 10.3. The molecule has 0 radical (unpaired) electrons. The molecule has 0 aromatic rings. The van der Waals surface area contributed by atoms with E-state index in [1.54, 1.807) is 6.21 Å². The van der Waals surface area contributed by atoms with Crippen molar-refractivity contribution in [3.63, 3.8) is 0 Å². The molecule has 0 atom stereocenters. The van der Waals surface area contributed by atoms with E-state index in [1.807, 2.05) is 6.08 Å². The third kappa shape index (κ3) is 3.31. The molecule has 1 heterocycles. The maximum absolute atomic E-state index is 4.29. The average Bonchev–Trinajstić information content (AvgIpc) is 2.82. The molecule has 0 aromatic heterocycles. The molecule has 0 bridgehead atoms. The van der Waals surface area contributed by atoms with Crippen molar-refractivity contribution in [2.24, 2.45) is 20.0 Å². The highest BCUT2D eigenvalue weighted by Crippen LogP contribution is 2.17. The van der Waals surface area contributed by atoms with Crippen LogP contribution in [0.4, 0.5) is 0 Å². The summed E-state index contributed by atoms with van der Waals surface area (Å²) in [6.45, 7) is 17.8. The lowest BCUT2D eigenvalue weighted by Gasteiger charge is -1.96. The van der Waals surface area contributed by atoms with Gasteiger partial charge >= 0.3 is 0 Å². The van der Waals surface area contributed by atoms with E-state index < -0.39 is 0 Å². The topological polar surface area (TPSA) is 49.4 Å². The Balaban J connectivity index is 2.68. The first-order chi connectivity index (χ1) is 8.08. The largest absolute Gasteiger partial charge is 0.263 e. The van der Waals surface area contributed by atoms with Gasteiger partial charge in [-0.2, -0.15) is 0 Å². The second-order valence-corrected chi connectivity index (χ2v) is 3.31. The Kier molecular flexibility index (Phi) is 4.22. The van der Waals surface area contributed by atoms with E-state index in [-0.39, 0.29) is 0 Å². The normalized spacial score (nSPS) is 14.1. The van der Waals surface area contributed by atoms with Gasteiger partial charge in [0.1, 0.15) is 0 Å². The molecule has 0 aliphatic carbocycles. The Morgan fingerprint density at radius 2 is 1.88 bits per heavy atom. The molecule has 1 rings (SSSR count). The number of aliphatic imine (C=N–C) groups is 4. The van der Waals surface area contributed by atoms with Crippen molar-refractivity contribution < 1.29 is 0 Å². The molecule has 86 valence electrons. The van der Waals surface area contributed by atoms with Gasteiger partial charge in [-0.15, -0.1) is 0 Å². The van der Waals surface area contributed by atoms with Crippen LogP contribution in [0, 0.1) is 0 Å². The summed E-state index contributed by atoms with van der Waals surface area (Å²) in [5.41, 5.74) is 3.02. The number of hydrogen-bond donors (Lipinski definition) is 0. The van der Waals surface area contributed by atoms with Crippen LogP contribution in [0.2, 0.25) is 0 Å². The molecule has 0 unspecified atom stereocenters. The third-order valence-electron chi connectivity index (χ3n) is 2.15. The minimum absolute atomic E-state index is 0.449. The number of nitrogens with zero attached hydrogens (tertiary/aromatic N) is 4. The summed E-state index contributed by atoms with van der Waals surface area (Å²) in [5.74, 6) is 0. The second kappa shape index (κ2) is 5.65. The van der Waals surface area contributed by atoms with E-state index >= 15 is 0 Å². The highest BCUT2D eigenvalue weighted by Gasteiger charge is 2.08. The fourth-order valence-corrected chi connectivity index (χ4v) is 1.11. The molecule has 0 saturated heterocycles. The maximum Gasteiger partial charge on any atom is 0.0848 e. The minimum Gasteiger partial charge on any atom is -0.263 e. The standard InChI is InChI=1S/C13H14N4/c1-9(14-4)10(2)16-8-12-6-7-13(17-12)11(3)15-5/h7-8H,1-6H2. The molecular formula is C13H14N4. The Morgan fingerprint density at radius 3 is 2.47 bits per heavy atom. The fourth-order valence-electron chi connectivity index (χ4n) is 1.11. The molecule has 0 N–H and O–H groups in total. The SMILES string of the molecule is C=NC(=C)C(=C)N=CC1=NC(C(=C)N=C)=CC1. The van der Waals surface area contributed by atoms with E-state index in [0.717, 1.165) is 11.4 Å². The van der Waals surface area contributed by atoms with Gasteiger partial charge in [0.05, 0.1) is 28.5 Å². The van der Waals surface area contributed by atoms with Crippen LogP contribution in [0.1, 0.15) is 6.42 Å². The molecular weight excluding hydrogens is 212 g/mol. The van der Waals surface area contributed by atoms with Gasteiger partial charge in [0.15, 0.2) is 0 Å². The Morgan fingerprint density at radius 1 is 1.18 bits per heavy atom. The maximum atomic E-state index is 4.29. The zero-order valence-electron chi connectivity index (χ0n) is 9.69. The Bertz CT molecular complexity index is 490. The minimum atomic E-state index is 0.449. The van der Waals surface area contributed by atoms with Crippen molar-refractivity contribution in [2.75, 3.05) is 0 Å². The fraction of sp³-hybridized carbons (Fsp3) is 0.0769. The van der Waals surface area contributed by atoms with Crippen LogP contribution in [-0.4, -0.2) is 25.4 Å². The summed E-state index contributed by atoms with van der Waals surface area (Å²) in [4.78, 5) is 15.8. The van der Waals surface area contributed by atoms with E-state index in [0.29, 0.717) is 23.5 Å². The van der Waals surface area contributed by atoms with E-state index in [9.17, 15) is 0 Å². The number of rotatable bonds is 6. The van der Waals surface area contributed by atoms with E-state index in [4.69, 9.17) is 0 Å².